The monoisotopic (exact) mass is 235 g/mol. The largest absolute Gasteiger partial charge is 0.364 e. The van der Waals surface area contributed by atoms with Gasteiger partial charge in [0.2, 0.25) is 0 Å². The standard InChI is InChI=1S/C11H13N3O3/c15-10-9-3-1-2-5-13(9)11(16)14(10)7-8-4-6-17-12-8/h4,6,9H,1-3,5,7H2/t9-/m0/s1. The number of nitrogens with zero attached hydrogens (tertiary/aromatic N) is 3. The van der Waals surface area contributed by atoms with Crippen LogP contribution in [0.3, 0.4) is 0 Å². The van der Waals surface area contributed by atoms with Gasteiger partial charge in [-0.05, 0) is 19.3 Å². The summed E-state index contributed by atoms with van der Waals surface area (Å²) in [5.41, 5.74) is 0.603. The molecule has 2 aliphatic heterocycles. The number of carbonyl (C=O) groups is 2. The van der Waals surface area contributed by atoms with Crippen molar-refractivity contribution in [2.75, 3.05) is 6.54 Å². The van der Waals surface area contributed by atoms with Gasteiger partial charge < -0.3 is 9.42 Å². The molecule has 1 aromatic rings. The molecule has 2 aliphatic rings. The number of rotatable bonds is 2. The first-order valence-corrected chi connectivity index (χ1v) is 5.78. The lowest BCUT2D eigenvalue weighted by Gasteiger charge is -2.25. The maximum Gasteiger partial charge on any atom is 0.327 e. The highest BCUT2D eigenvalue weighted by Gasteiger charge is 2.45. The smallest absolute Gasteiger partial charge is 0.327 e. The van der Waals surface area contributed by atoms with Crippen molar-refractivity contribution in [1.82, 2.24) is 15.0 Å². The van der Waals surface area contributed by atoms with E-state index >= 15 is 0 Å². The summed E-state index contributed by atoms with van der Waals surface area (Å²) in [6.45, 7) is 0.895. The third-order valence-corrected chi connectivity index (χ3v) is 3.34. The highest BCUT2D eigenvalue weighted by molar-refractivity contribution is 6.04. The third-order valence-electron chi connectivity index (χ3n) is 3.34. The van der Waals surface area contributed by atoms with Crippen molar-refractivity contribution >= 4 is 11.9 Å². The number of carbonyl (C=O) groups excluding carboxylic acids is 2. The summed E-state index contributed by atoms with van der Waals surface area (Å²) < 4.78 is 4.70. The lowest BCUT2D eigenvalue weighted by atomic mass is 10.0. The van der Waals surface area contributed by atoms with Crippen molar-refractivity contribution in [1.29, 1.82) is 0 Å². The molecule has 6 nitrogen and oxygen atoms in total. The number of urea groups is 1. The minimum atomic E-state index is -0.247. The summed E-state index contributed by atoms with van der Waals surface area (Å²) in [4.78, 5) is 27.1. The molecule has 1 atom stereocenters. The highest BCUT2D eigenvalue weighted by atomic mass is 16.5. The molecule has 2 fully saturated rings. The van der Waals surface area contributed by atoms with Crippen molar-refractivity contribution in [3.05, 3.63) is 18.0 Å². The summed E-state index contributed by atoms with van der Waals surface area (Å²) in [6, 6.07) is 1.23. The fraction of sp³-hybridized carbons (Fsp3) is 0.545. The van der Waals surface area contributed by atoms with Crippen molar-refractivity contribution in [2.24, 2.45) is 0 Å². The first-order chi connectivity index (χ1) is 8.27. The van der Waals surface area contributed by atoms with Gasteiger partial charge in [0.15, 0.2) is 0 Å². The zero-order chi connectivity index (χ0) is 11.8. The Labute approximate surface area is 98.1 Å². The molecule has 0 radical (unpaired) electrons. The molecule has 1 aromatic heterocycles. The number of amides is 3. The highest BCUT2D eigenvalue weighted by Crippen LogP contribution is 2.27. The van der Waals surface area contributed by atoms with Gasteiger partial charge in [0.25, 0.3) is 5.91 Å². The Morgan fingerprint density at radius 3 is 3.00 bits per heavy atom. The first-order valence-electron chi connectivity index (χ1n) is 5.78. The lowest BCUT2D eigenvalue weighted by molar-refractivity contribution is -0.129. The molecule has 0 unspecified atom stereocenters. The SMILES string of the molecule is O=C1[C@@H]2CCCCN2C(=O)N1Cc1ccon1. The molecule has 6 heteroatoms. The van der Waals surface area contributed by atoms with Crippen LogP contribution in [0.1, 0.15) is 25.0 Å². The normalized spacial score (nSPS) is 24.4. The fourth-order valence-electron chi connectivity index (χ4n) is 2.47. The van der Waals surface area contributed by atoms with E-state index in [0.717, 1.165) is 19.3 Å². The van der Waals surface area contributed by atoms with E-state index in [2.05, 4.69) is 5.16 Å². The molecule has 0 N–H and O–H groups in total. The lowest BCUT2D eigenvalue weighted by Crippen LogP contribution is -2.38. The number of fused-ring (bicyclic) bond motifs is 1. The number of aromatic nitrogens is 1. The Hall–Kier alpha value is -1.85. The minimum Gasteiger partial charge on any atom is -0.364 e. The average molecular weight is 235 g/mol. The van der Waals surface area contributed by atoms with E-state index in [1.807, 2.05) is 0 Å². The predicted octanol–water partition coefficient (Wildman–Crippen LogP) is 0.991. The van der Waals surface area contributed by atoms with Crippen molar-refractivity contribution in [3.8, 4) is 0 Å². The Kier molecular flexibility index (Phi) is 2.35. The van der Waals surface area contributed by atoms with Crippen LogP contribution in [0.25, 0.3) is 0 Å². The van der Waals surface area contributed by atoms with Crippen molar-refractivity contribution in [2.45, 2.75) is 31.8 Å². The molecule has 3 rings (SSSR count). The molecule has 0 spiro atoms. The second kappa shape index (κ2) is 3.87. The zero-order valence-electron chi connectivity index (χ0n) is 9.33. The van der Waals surface area contributed by atoms with Crippen LogP contribution in [0.4, 0.5) is 4.79 Å². The van der Waals surface area contributed by atoms with Crippen molar-refractivity contribution in [3.63, 3.8) is 0 Å². The Morgan fingerprint density at radius 1 is 1.41 bits per heavy atom. The molecule has 3 heterocycles. The Bertz CT molecular complexity index is 419. The molecular weight excluding hydrogens is 222 g/mol. The maximum atomic E-state index is 12.1. The van der Waals surface area contributed by atoms with Crippen LogP contribution < -0.4 is 0 Å². The van der Waals surface area contributed by atoms with Gasteiger partial charge in [0.05, 0.1) is 6.54 Å². The van der Waals surface area contributed by atoms with Crippen LogP contribution in [0.5, 0.6) is 0 Å². The van der Waals surface area contributed by atoms with E-state index in [-0.39, 0.29) is 24.5 Å². The minimum absolute atomic E-state index is 0.0994. The second-order valence-corrected chi connectivity index (χ2v) is 4.40. The summed E-state index contributed by atoms with van der Waals surface area (Å²) in [5.74, 6) is -0.0994. The summed E-state index contributed by atoms with van der Waals surface area (Å²) in [5, 5.41) is 3.73. The number of imide groups is 1. The van der Waals surface area contributed by atoms with Crippen LogP contribution in [0.2, 0.25) is 0 Å². The summed E-state index contributed by atoms with van der Waals surface area (Å²) >= 11 is 0. The van der Waals surface area contributed by atoms with Gasteiger partial charge in [0.1, 0.15) is 18.0 Å². The van der Waals surface area contributed by atoms with Crippen LogP contribution in [-0.4, -0.2) is 39.5 Å². The maximum absolute atomic E-state index is 12.1. The fourth-order valence-corrected chi connectivity index (χ4v) is 2.47. The van der Waals surface area contributed by atoms with Crippen LogP contribution in [0, 0.1) is 0 Å². The quantitative estimate of drug-likeness (QED) is 0.717. The average Bonchev–Trinajstić information content (AvgIpc) is 2.94. The van der Waals surface area contributed by atoms with Gasteiger partial charge in [-0.2, -0.15) is 0 Å². The molecular formula is C11H13N3O3. The van der Waals surface area contributed by atoms with E-state index in [1.165, 1.54) is 11.2 Å². The zero-order valence-corrected chi connectivity index (χ0v) is 9.33. The topological polar surface area (TPSA) is 66.7 Å². The molecule has 0 aromatic carbocycles. The molecule has 17 heavy (non-hydrogen) atoms. The number of hydrogen-bond donors (Lipinski definition) is 0. The molecule has 0 saturated carbocycles. The number of hydrogen-bond acceptors (Lipinski definition) is 4. The molecule has 0 bridgehead atoms. The molecule has 0 aliphatic carbocycles. The van der Waals surface area contributed by atoms with E-state index in [1.54, 1.807) is 11.0 Å². The van der Waals surface area contributed by atoms with Gasteiger partial charge in [-0.15, -0.1) is 0 Å². The van der Waals surface area contributed by atoms with Crippen LogP contribution >= 0.6 is 0 Å². The van der Waals surface area contributed by atoms with Gasteiger partial charge in [-0.3, -0.25) is 9.69 Å². The van der Waals surface area contributed by atoms with Gasteiger partial charge in [-0.1, -0.05) is 5.16 Å². The Balaban J connectivity index is 1.81. The van der Waals surface area contributed by atoms with E-state index in [4.69, 9.17) is 4.52 Å². The molecule has 3 amide bonds. The van der Waals surface area contributed by atoms with E-state index in [0.29, 0.717) is 12.2 Å². The Morgan fingerprint density at radius 2 is 2.29 bits per heavy atom. The van der Waals surface area contributed by atoms with Gasteiger partial charge in [-0.25, -0.2) is 4.79 Å². The molecule has 90 valence electrons. The molecule has 2 saturated heterocycles. The predicted molar refractivity (Wildman–Crippen MR) is 56.8 cm³/mol. The third kappa shape index (κ3) is 1.60. The van der Waals surface area contributed by atoms with Gasteiger partial charge >= 0.3 is 6.03 Å². The number of piperidine rings is 1. The van der Waals surface area contributed by atoms with Gasteiger partial charge in [0, 0.05) is 12.6 Å². The van der Waals surface area contributed by atoms with E-state index < -0.39 is 0 Å². The van der Waals surface area contributed by atoms with Crippen LogP contribution in [-0.2, 0) is 11.3 Å². The van der Waals surface area contributed by atoms with Crippen molar-refractivity contribution < 1.29 is 14.1 Å². The summed E-state index contributed by atoms with van der Waals surface area (Å²) in [7, 11) is 0. The second-order valence-electron chi connectivity index (χ2n) is 4.40. The first kappa shape index (κ1) is 10.3. The van der Waals surface area contributed by atoms with Crippen LogP contribution in [0.15, 0.2) is 16.9 Å². The summed E-state index contributed by atoms with van der Waals surface area (Å²) in [6.07, 6.45) is 4.21. The van der Waals surface area contributed by atoms with E-state index in [9.17, 15) is 9.59 Å².